The molecule has 1 aromatic rings. The molecule has 0 aromatic heterocycles. The van der Waals surface area contributed by atoms with Crippen LogP contribution in [-0.4, -0.2) is 24.9 Å². The van der Waals surface area contributed by atoms with Crippen LogP contribution >= 0.6 is 10.7 Å². The number of para-hydroxylation sites is 1. The van der Waals surface area contributed by atoms with E-state index in [1.807, 2.05) is 0 Å². The highest BCUT2D eigenvalue weighted by molar-refractivity contribution is 8.14. The van der Waals surface area contributed by atoms with Crippen LogP contribution in [0.25, 0.3) is 5.53 Å². The van der Waals surface area contributed by atoms with Gasteiger partial charge >= 0.3 is 11.7 Å². The largest absolute Gasteiger partial charge is 0.424 e. The molecule has 0 bridgehead atoms. The Balaban J connectivity index is 2.76. The lowest BCUT2D eigenvalue weighted by Gasteiger charge is -2.18. The summed E-state index contributed by atoms with van der Waals surface area (Å²) in [5, 5.41) is -1.52. The summed E-state index contributed by atoms with van der Waals surface area (Å²) in [6.45, 7) is 0. The molecule has 1 unspecified atom stereocenters. The third-order valence-corrected chi connectivity index (χ3v) is 3.83. The van der Waals surface area contributed by atoms with Gasteiger partial charge in [0, 0.05) is 16.2 Å². The van der Waals surface area contributed by atoms with Crippen LogP contribution in [0.1, 0.15) is 10.8 Å². The maximum atomic E-state index is 11.4. The van der Waals surface area contributed by atoms with Crippen LogP contribution in [0.4, 0.5) is 0 Å². The van der Waals surface area contributed by atoms with Crippen molar-refractivity contribution >= 4 is 31.4 Å². The number of hydrogen-bond acceptors (Lipinski definition) is 4. The molecule has 0 saturated heterocycles. The summed E-state index contributed by atoms with van der Waals surface area (Å²) in [4.78, 5) is 14.1. The smallest absolute Gasteiger partial charge is 0.418 e. The fraction of sp³-hybridized carbons (Fsp3) is 0.111. The summed E-state index contributed by atoms with van der Waals surface area (Å²) < 4.78 is 27.7. The minimum absolute atomic E-state index is 0.0825. The van der Waals surface area contributed by atoms with Gasteiger partial charge in [-0.25, -0.2) is 13.2 Å². The van der Waals surface area contributed by atoms with E-state index >= 15 is 0 Å². The van der Waals surface area contributed by atoms with Crippen LogP contribution in [0.2, 0.25) is 0 Å². The molecule has 0 fully saturated rings. The van der Waals surface area contributed by atoms with Crippen molar-refractivity contribution in [2.24, 2.45) is 0 Å². The molecule has 0 spiro atoms. The highest BCUT2D eigenvalue weighted by Gasteiger charge is 2.48. The molecule has 0 amide bonds. The number of halogens is 1. The minimum atomic E-state index is -4.15. The zero-order valence-electron chi connectivity index (χ0n) is 8.20. The van der Waals surface area contributed by atoms with E-state index in [9.17, 15) is 13.2 Å². The van der Waals surface area contributed by atoms with Crippen LogP contribution in [0, 0.1) is 0 Å². The lowest BCUT2D eigenvalue weighted by molar-refractivity contribution is -0.132. The second-order valence-corrected chi connectivity index (χ2v) is 5.98. The normalized spacial score (nSPS) is 19.2. The summed E-state index contributed by atoms with van der Waals surface area (Å²) in [5.41, 5.74) is 8.19. The zero-order valence-corrected chi connectivity index (χ0v) is 9.77. The van der Waals surface area contributed by atoms with Gasteiger partial charge in [0.2, 0.25) is 5.25 Å². The topological polar surface area (TPSA) is 96.8 Å². The van der Waals surface area contributed by atoms with Gasteiger partial charge in [0.25, 0.3) is 9.05 Å². The van der Waals surface area contributed by atoms with Crippen molar-refractivity contribution in [1.29, 1.82) is 0 Å². The average Bonchev–Trinajstić information content (AvgIpc) is 2.25. The first-order valence-corrected chi connectivity index (χ1v) is 6.79. The molecule has 1 heterocycles. The Morgan fingerprint density at radius 1 is 1.35 bits per heavy atom. The molecule has 8 heteroatoms. The SMILES string of the molecule is [N-]=[N+]=C1C(=O)Oc2ccccc2C1S(=O)(=O)Cl. The van der Waals surface area contributed by atoms with Crippen LogP contribution < -0.4 is 4.74 Å². The number of hydrogen-bond donors (Lipinski definition) is 0. The molecule has 1 aliphatic heterocycles. The van der Waals surface area contributed by atoms with Gasteiger partial charge in [-0.05, 0) is 6.07 Å². The van der Waals surface area contributed by atoms with E-state index in [0.717, 1.165) is 0 Å². The summed E-state index contributed by atoms with van der Waals surface area (Å²) in [5.74, 6) is -0.959. The standard InChI is InChI=1S/C9H5ClN2O4S/c10-17(14,15)8-5-3-1-2-4-6(5)16-9(13)7(8)12-11/h1-4,8H. The Hall–Kier alpha value is -1.69. The second kappa shape index (κ2) is 3.96. The molecule has 1 aliphatic rings. The quantitative estimate of drug-likeness (QED) is 0.249. The van der Waals surface area contributed by atoms with Crippen LogP contribution in [0.3, 0.4) is 0 Å². The summed E-state index contributed by atoms with van der Waals surface area (Å²) in [6.07, 6.45) is 0. The number of esters is 1. The van der Waals surface area contributed by atoms with E-state index in [1.165, 1.54) is 12.1 Å². The van der Waals surface area contributed by atoms with Gasteiger partial charge in [0.1, 0.15) is 5.75 Å². The Morgan fingerprint density at radius 2 is 2.00 bits per heavy atom. The van der Waals surface area contributed by atoms with Gasteiger partial charge in [-0.2, -0.15) is 4.79 Å². The number of carbonyl (C=O) groups is 1. The maximum absolute atomic E-state index is 11.4. The first kappa shape index (κ1) is 11.8. The van der Waals surface area contributed by atoms with E-state index in [2.05, 4.69) is 4.79 Å². The zero-order chi connectivity index (χ0) is 12.6. The summed E-state index contributed by atoms with van der Waals surface area (Å²) in [6, 6.07) is 5.99. The van der Waals surface area contributed by atoms with Crippen molar-refractivity contribution in [3.8, 4) is 5.75 Å². The monoisotopic (exact) mass is 272 g/mol. The fourth-order valence-corrected chi connectivity index (χ4v) is 3.02. The van der Waals surface area contributed by atoms with Gasteiger partial charge in [0.15, 0.2) is 0 Å². The molecule has 0 radical (unpaired) electrons. The minimum Gasteiger partial charge on any atom is -0.418 e. The Bertz CT molecular complexity index is 649. The predicted molar refractivity (Wildman–Crippen MR) is 58.2 cm³/mol. The third-order valence-electron chi connectivity index (χ3n) is 2.25. The van der Waals surface area contributed by atoms with Crippen molar-refractivity contribution in [1.82, 2.24) is 0 Å². The van der Waals surface area contributed by atoms with E-state index in [1.54, 1.807) is 12.1 Å². The van der Waals surface area contributed by atoms with Crippen LogP contribution in [-0.2, 0) is 13.8 Å². The number of carbonyl (C=O) groups excluding carboxylic acids is 1. The first-order chi connectivity index (χ1) is 7.95. The highest BCUT2D eigenvalue weighted by Crippen LogP contribution is 2.37. The van der Waals surface area contributed by atoms with Crippen molar-refractivity contribution in [3.63, 3.8) is 0 Å². The number of fused-ring (bicyclic) bond motifs is 1. The fourth-order valence-electron chi connectivity index (χ4n) is 1.57. The van der Waals surface area contributed by atoms with Crippen molar-refractivity contribution in [3.05, 3.63) is 35.4 Å². The molecule has 6 nitrogen and oxygen atoms in total. The lowest BCUT2D eigenvalue weighted by Crippen LogP contribution is -2.35. The number of benzene rings is 1. The summed E-state index contributed by atoms with van der Waals surface area (Å²) in [7, 11) is 1.10. The molecule has 0 saturated carbocycles. The predicted octanol–water partition coefficient (Wildman–Crippen LogP) is 0.886. The van der Waals surface area contributed by atoms with E-state index in [0.29, 0.717) is 0 Å². The van der Waals surface area contributed by atoms with Gasteiger partial charge < -0.3 is 10.3 Å². The Kier molecular flexibility index (Phi) is 2.74. The molecular weight excluding hydrogens is 268 g/mol. The number of rotatable bonds is 1. The highest BCUT2D eigenvalue weighted by atomic mass is 35.7. The van der Waals surface area contributed by atoms with Crippen molar-refractivity contribution in [2.45, 2.75) is 5.25 Å². The molecule has 0 aliphatic carbocycles. The molecule has 2 rings (SSSR count). The maximum Gasteiger partial charge on any atom is 0.424 e. The molecule has 17 heavy (non-hydrogen) atoms. The Labute approximate surface area is 101 Å². The molecule has 1 atom stereocenters. The second-order valence-electron chi connectivity index (χ2n) is 3.27. The van der Waals surface area contributed by atoms with E-state index < -0.39 is 26.0 Å². The van der Waals surface area contributed by atoms with Crippen molar-refractivity contribution in [2.75, 3.05) is 0 Å². The van der Waals surface area contributed by atoms with Crippen LogP contribution in [0.15, 0.2) is 24.3 Å². The van der Waals surface area contributed by atoms with Crippen molar-refractivity contribution < 1.29 is 22.7 Å². The molecular formula is C9H5ClN2O4S. The number of nitrogens with zero attached hydrogens (tertiary/aromatic N) is 2. The summed E-state index contributed by atoms with van der Waals surface area (Å²) >= 11 is 0. The molecule has 1 aromatic carbocycles. The van der Waals surface area contributed by atoms with E-state index in [-0.39, 0.29) is 11.3 Å². The van der Waals surface area contributed by atoms with Gasteiger partial charge in [-0.15, -0.1) is 0 Å². The Morgan fingerprint density at radius 3 is 2.59 bits per heavy atom. The van der Waals surface area contributed by atoms with Gasteiger partial charge in [-0.1, -0.05) is 18.2 Å². The first-order valence-electron chi connectivity index (χ1n) is 4.41. The lowest BCUT2D eigenvalue weighted by atomic mass is 10.0. The molecule has 0 N–H and O–H groups in total. The third kappa shape index (κ3) is 1.95. The average molecular weight is 273 g/mol. The van der Waals surface area contributed by atoms with Crippen LogP contribution in [0.5, 0.6) is 5.75 Å². The van der Waals surface area contributed by atoms with Gasteiger partial charge in [0.05, 0.1) is 0 Å². The van der Waals surface area contributed by atoms with Gasteiger partial charge in [-0.3, -0.25) is 0 Å². The number of ether oxygens (including phenoxy) is 1. The van der Waals surface area contributed by atoms with E-state index in [4.69, 9.17) is 21.0 Å². The molecule has 88 valence electrons.